The van der Waals surface area contributed by atoms with Crippen LogP contribution in [0.1, 0.15) is 34.6 Å². The van der Waals surface area contributed by atoms with E-state index in [0.717, 1.165) is 0 Å². The number of benzene rings is 2. The van der Waals surface area contributed by atoms with Crippen molar-refractivity contribution in [3.8, 4) is 11.5 Å². The van der Waals surface area contributed by atoms with E-state index in [1.165, 1.54) is 39.2 Å². The van der Waals surface area contributed by atoms with Gasteiger partial charge in [-0.3, -0.25) is 9.59 Å². The van der Waals surface area contributed by atoms with Crippen molar-refractivity contribution in [1.82, 2.24) is 0 Å². The summed E-state index contributed by atoms with van der Waals surface area (Å²) in [5.74, 6) is -1.59. The molecule has 0 saturated carbocycles. The van der Waals surface area contributed by atoms with Gasteiger partial charge in [0.1, 0.15) is 17.1 Å². The summed E-state index contributed by atoms with van der Waals surface area (Å²) in [5.41, 5.74) is 0.599. The molecule has 2 aromatic rings. The number of amides is 1. The number of nitrogens with one attached hydrogen (secondary N) is 1. The van der Waals surface area contributed by atoms with E-state index in [9.17, 15) is 19.5 Å². The number of phenolic OH excluding ortho intramolecular Hbond substituents is 1. The van der Waals surface area contributed by atoms with Crippen LogP contribution in [-0.2, 0) is 9.53 Å². The highest BCUT2D eigenvalue weighted by Gasteiger charge is 2.22. The Morgan fingerprint density at radius 1 is 1.08 bits per heavy atom. The number of Topliss-reactive ketones (excluding diaryl/α,β-unsaturated/α-hetero) is 1. The molecule has 0 aliphatic rings. The predicted molar refractivity (Wildman–Crippen MR) is 94.6 cm³/mol. The molecule has 1 amide bonds. The van der Waals surface area contributed by atoms with Gasteiger partial charge in [-0.25, -0.2) is 4.79 Å². The zero-order chi connectivity index (χ0) is 19.3. The molecule has 0 radical (unpaired) electrons. The maximum absolute atomic E-state index is 12.3. The van der Waals surface area contributed by atoms with Gasteiger partial charge in [-0.2, -0.15) is 0 Å². The average Bonchev–Trinajstić information content (AvgIpc) is 2.61. The van der Waals surface area contributed by atoms with Crippen LogP contribution in [-0.4, -0.2) is 36.0 Å². The maximum atomic E-state index is 12.3. The van der Waals surface area contributed by atoms with Crippen LogP contribution in [0, 0.1) is 0 Å². The molecule has 0 aromatic heterocycles. The molecule has 2 rings (SSSR count). The Balaban J connectivity index is 2.07. The van der Waals surface area contributed by atoms with Crippen LogP contribution in [0.2, 0.25) is 0 Å². The summed E-state index contributed by atoms with van der Waals surface area (Å²) in [4.78, 5) is 36.0. The van der Waals surface area contributed by atoms with Gasteiger partial charge >= 0.3 is 5.97 Å². The smallest absolute Gasteiger partial charge is 0.342 e. The van der Waals surface area contributed by atoms with Crippen molar-refractivity contribution in [2.45, 2.75) is 20.0 Å². The summed E-state index contributed by atoms with van der Waals surface area (Å²) in [7, 11) is 1.43. The molecule has 7 nitrogen and oxygen atoms in total. The number of phenols is 1. The molecule has 136 valence electrons. The van der Waals surface area contributed by atoms with Crippen LogP contribution in [0.3, 0.4) is 0 Å². The number of hydrogen-bond donors (Lipinski definition) is 2. The number of esters is 1. The molecule has 0 fully saturated rings. The zero-order valence-corrected chi connectivity index (χ0v) is 14.6. The first-order chi connectivity index (χ1) is 12.3. The Bertz CT molecular complexity index is 846. The van der Waals surface area contributed by atoms with Gasteiger partial charge in [-0.15, -0.1) is 0 Å². The second-order valence-corrected chi connectivity index (χ2v) is 5.52. The third-order valence-electron chi connectivity index (χ3n) is 3.64. The molecule has 2 N–H and O–H groups in total. The largest absolute Gasteiger partial charge is 0.507 e. The van der Waals surface area contributed by atoms with Crippen molar-refractivity contribution in [3.05, 3.63) is 53.6 Å². The molecule has 2 aromatic carbocycles. The van der Waals surface area contributed by atoms with Gasteiger partial charge < -0.3 is 19.9 Å². The minimum atomic E-state index is -1.14. The van der Waals surface area contributed by atoms with Crippen molar-refractivity contribution < 1.29 is 29.0 Å². The lowest BCUT2D eigenvalue weighted by molar-refractivity contribution is -0.123. The lowest BCUT2D eigenvalue weighted by atomic mass is 10.1. The van der Waals surface area contributed by atoms with Crippen molar-refractivity contribution in [1.29, 1.82) is 0 Å². The molecule has 0 aliphatic carbocycles. The van der Waals surface area contributed by atoms with E-state index in [2.05, 4.69) is 5.32 Å². The van der Waals surface area contributed by atoms with Gasteiger partial charge in [-0.05, 0) is 38.1 Å². The fraction of sp³-hybridized carbons (Fsp3) is 0.211. The monoisotopic (exact) mass is 357 g/mol. The normalized spacial score (nSPS) is 11.3. The van der Waals surface area contributed by atoms with E-state index in [1.807, 2.05) is 0 Å². The summed E-state index contributed by atoms with van der Waals surface area (Å²) < 4.78 is 10.0. The SMILES string of the molecule is COc1ccc(C(=O)O[C@H](C)C(=O)Nc2ccccc2C(C)=O)c(O)c1. The summed E-state index contributed by atoms with van der Waals surface area (Å²) in [6, 6.07) is 10.6. The molecule has 0 bridgehead atoms. The molecule has 0 unspecified atom stereocenters. The van der Waals surface area contributed by atoms with Crippen LogP contribution in [0.4, 0.5) is 5.69 Å². The molecular weight excluding hydrogens is 338 g/mol. The molecule has 0 spiro atoms. The van der Waals surface area contributed by atoms with Crippen LogP contribution >= 0.6 is 0 Å². The first kappa shape index (κ1) is 19.0. The number of rotatable bonds is 6. The van der Waals surface area contributed by atoms with Crippen molar-refractivity contribution >= 4 is 23.3 Å². The summed E-state index contributed by atoms with van der Waals surface area (Å²) in [6.45, 7) is 2.78. The summed E-state index contributed by atoms with van der Waals surface area (Å²) >= 11 is 0. The van der Waals surface area contributed by atoms with Gasteiger partial charge in [0.2, 0.25) is 0 Å². The molecule has 1 atom stereocenters. The van der Waals surface area contributed by atoms with E-state index in [4.69, 9.17) is 9.47 Å². The van der Waals surface area contributed by atoms with E-state index in [-0.39, 0.29) is 17.1 Å². The lowest BCUT2D eigenvalue weighted by Crippen LogP contribution is -2.30. The van der Waals surface area contributed by atoms with Crippen molar-refractivity contribution in [3.63, 3.8) is 0 Å². The number of carbonyl (C=O) groups is 3. The first-order valence-corrected chi connectivity index (χ1v) is 7.82. The highest BCUT2D eigenvalue weighted by Crippen LogP contribution is 2.24. The molecular formula is C19H19NO6. The molecule has 0 heterocycles. The fourth-order valence-corrected chi connectivity index (χ4v) is 2.22. The highest BCUT2D eigenvalue weighted by molar-refractivity contribution is 6.05. The Hall–Kier alpha value is -3.35. The third-order valence-corrected chi connectivity index (χ3v) is 3.64. The number of para-hydroxylation sites is 1. The van der Waals surface area contributed by atoms with E-state index < -0.39 is 18.0 Å². The number of carbonyl (C=O) groups excluding carboxylic acids is 3. The van der Waals surface area contributed by atoms with Gasteiger partial charge in [-0.1, -0.05) is 12.1 Å². The standard InChI is InChI=1S/C19H19NO6/c1-11(21)14-6-4-5-7-16(14)20-18(23)12(2)26-19(24)15-9-8-13(25-3)10-17(15)22/h4-10,12,22H,1-3H3,(H,20,23)/t12-/m1/s1. The topological polar surface area (TPSA) is 102 Å². The van der Waals surface area contributed by atoms with Crippen LogP contribution < -0.4 is 10.1 Å². The maximum Gasteiger partial charge on any atom is 0.342 e. The molecule has 0 saturated heterocycles. The number of anilines is 1. The average molecular weight is 357 g/mol. The second kappa shape index (κ2) is 8.15. The summed E-state index contributed by atoms with van der Waals surface area (Å²) in [5, 5.41) is 12.4. The van der Waals surface area contributed by atoms with E-state index in [1.54, 1.807) is 24.3 Å². The molecule has 26 heavy (non-hydrogen) atoms. The van der Waals surface area contributed by atoms with Crippen molar-refractivity contribution in [2.75, 3.05) is 12.4 Å². The highest BCUT2D eigenvalue weighted by atomic mass is 16.5. The minimum absolute atomic E-state index is 0.0883. The quantitative estimate of drug-likeness (QED) is 0.609. The van der Waals surface area contributed by atoms with Crippen LogP contribution in [0.5, 0.6) is 11.5 Å². The Kier molecular flexibility index (Phi) is 5.95. The fourth-order valence-electron chi connectivity index (χ4n) is 2.22. The second-order valence-electron chi connectivity index (χ2n) is 5.52. The third kappa shape index (κ3) is 4.38. The summed E-state index contributed by atoms with van der Waals surface area (Å²) in [6.07, 6.45) is -1.14. The van der Waals surface area contributed by atoms with E-state index >= 15 is 0 Å². The number of methoxy groups -OCH3 is 1. The number of aromatic hydroxyl groups is 1. The number of ketones is 1. The Morgan fingerprint density at radius 2 is 1.77 bits per heavy atom. The Morgan fingerprint density at radius 3 is 2.38 bits per heavy atom. The van der Waals surface area contributed by atoms with Gasteiger partial charge in [0.25, 0.3) is 5.91 Å². The van der Waals surface area contributed by atoms with Gasteiger partial charge in [0, 0.05) is 11.6 Å². The van der Waals surface area contributed by atoms with Crippen LogP contribution in [0.15, 0.2) is 42.5 Å². The zero-order valence-electron chi connectivity index (χ0n) is 14.6. The predicted octanol–water partition coefficient (Wildman–Crippen LogP) is 2.79. The van der Waals surface area contributed by atoms with E-state index in [0.29, 0.717) is 17.0 Å². The number of ether oxygens (including phenoxy) is 2. The Labute approximate surface area is 150 Å². The van der Waals surface area contributed by atoms with Crippen molar-refractivity contribution in [2.24, 2.45) is 0 Å². The number of hydrogen-bond acceptors (Lipinski definition) is 6. The molecule has 0 aliphatic heterocycles. The van der Waals surface area contributed by atoms with Crippen LogP contribution in [0.25, 0.3) is 0 Å². The lowest BCUT2D eigenvalue weighted by Gasteiger charge is -2.15. The van der Waals surface area contributed by atoms with Gasteiger partial charge in [0.15, 0.2) is 11.9 Å². The first-order valence-electron chi connectivity index (χ1n) is 7.82. The minimum Gasteiger partial charge on any atom is -0.507 e. The molecule has 7 heteroatoms. The van der Waals surface area contributed by atoms with Gasteiger partial charge in [0.05, 0.1) is 12.8 Å².